The van der Waals surface area contributed by atoms with Crippen molar-refractivity contribution in [2.45, 2.75) is 46.1 Å². The first-order valence-electron chi connectivity index (χ1n) is 6.23. The Hall–Kier alpha value is 0.210. The van der Waals surface area contributed by atoms with Gasteiger partial charge in [0.25, 0.3) is 0 Å². The van der Waals surface area contributed by atoms with Crippen molar-refractivity contribution in [3.63, 3.8) is 0 Å². The van der Waals surface area contributed by atoms with Gasteiger partial charge in [-0.15, -0.1) is 11.6 Å². The Kier molecular flexibility index (Phi) is 8.49. The van der Waals surface area contributed by atoms with Crippen molar-refractivity contribution in [2.75, 3.05) is 32.1 Å². The summed E-state index contributed by atoms with van der Waals surface area (Å²) in [5, 5.41) is 9.66. The molecular weight excluding hydrogens is 210 g/mol. The molecule has 0 amide bonds. The van der Waals surface area contributed by atoms with Crippen LogP contribution in [-0.2, 0) is 0 Å². The predicted octanol–water partition coefficient (Wildman–Crippen LogP) is 2.63. The van der Waals surface area contributed by atoms with E-state index in [4.69, 9.17) is 11.6 Å². The SMILES string of the molecule is CCCCC[N+](CC)(CC)CC(O)CCl. The molecule has 0 aliphatic heterocycles. The second-order valence-electron chi connectivity index (χ2n) is 4.40. The Morgan fingerprint density at radius 1 is 1.13 bits per heavy atom. The molecule has 0 aromatic rings. The monoisotopic (exact) mass is 236 g/mol. The van der Waals surface area contributed by atoms with Crippen LogP contribution in [0.1, 0.15) is 40.0 Å². The van der Waals surface area contributed by atoms with E-state index in [-0.39, 0.29) is 6.10 Å². The maximum atomic E-state index is 9.66. The molecule has 0 spiro atoms. The van der Waals surface area contributed by atoms with E-state index in [1.807, 2.05) is 0 Å². The molecule has 0 aliphatic carbocycles. The number of rotatable bonds is 9. The van der Waals surface area contributed by atoms with Gasteiger partial charge in [0.2, 0.25) is 0 Å². The third-order valence-corrected chi connectivity index (χ3v) is 3.71. The molecule has 1 unspecified atom stereocenters. The molecule has 0 aromatic heterocycles. The zero-order valence-corrected chi connectivity index (χ0v) is 11.3. The number of aliphatic hydroxyl groups is 1. The van der Waals surface area contributed by atoms with Crippen molar-refractivity contribution in [2.24, 2.45) is 0 Å². The maximum Gasteiger partial charge on any atom is 0.116 e. The first kappa shape index (κ1) is 15.2. The summed E-state index contributed by atoms with van der Waals surface area (Å²) in [5.74, 6) is 0.355. The lowest BCUT2D eigenvalue weighted by atomic mass is 10.2. The number of quaternary nitrogens is 1. The number of unbranched alkanes of at least 4 members (excludes halogenated alkanes) is 2. The molecule has 1 atom stereocenters. The third kappa shape index (κ3) is 5.74. The number of hydrogen-bond donors (Lipinski definition) is 1. The van der Waals surface area contributed by atoms with Gasteiger partial charge in [-0.1, -0.05) is 13.3 Å². The van der Waals surface area contributed by atoms with Crippen LogP contribution >= 0.6 is 11.6 Å². The van der Waals surface area contributed by atoms with Crippen LogP contribution in [-0.4, -0.2) is 47.8 Å². The topological polar surface area (TPSA) is 20.2 Å². The number of halogens is 1. The molecular formula is C12H27ClNO+. The fourth-order valence-corrected chi connectivity index (χ4v) is 2.18. The average molecular weight is 237 g/mol. The summed E-state index contributed by atoms with van der Waals surface area (Å²) in [4.78, 5) is 0. The van der Waals surface area contributed by atoms with Crippen LogP contribution in [0.3, 0.4) is 0 Å². The summed E-state index contributed by atoms with van der Waals surface area (Å²) < 4.78 is 1.01. The van der Waals surface area contributed by atoms with Crippen LogP contribution in [0.15, 0.2) is 0 Å². The Labute approximate surface area is 99.8 Å². The molecule has 0 heterocycles. The minimum absolute atomic E-state index is 0.354. The highest BCUT2D eigenvalue weighted by Gasteiger charge is 2.25. The van der Waals surface area contributed by atoms with E-state index in [1.54, 1.807) is 0 Å². The standard InChI is InChI=1S/C12H27ClNO/c1-4-7-8-9-14(5-2,6-3)11-12(15)10-13/h12,15H,4-11H2,1-3H3/q+1. The zero-order valence-electron chi connectivity index (χ0n) is 10.5. The van der Waals surface area contributed by atoms with Crippen LogP contribution in [0.5, 0.6) is 0 Å². The van der Waals surface area contributed by atoms with E-state index in [2.05, 4.69) is 20.8 Å². The van der Waals surface area contributed by atoms with Gasteiger partial charge in [-0.05, 0) is 26.7 Å². The minimum atomic E-state index is -0.354. The van der Waals surface area contributed by atoms with Crippen molar-refractivity contribution in [3.8, 4) is 0 Å². The molecule has 3 heteroatoms. The lowest BCUT2D eigenvalue weighted by Crippen LogP contribution is -2.52. The molecule has 2 nitrogen and oxygen atoms in total. The van der Waals surface area contributed by atoms with E-state index in [9.17, 15) is 5.11 Å². The van der Waals surface area contributed by atoms with Crippen molar-refractivity contribution in [1.82, 2.24) is 0 Å². The van der Waals surface area contributed by atoms with Crippen LogP contribution < -0.4 is 0 Å². The normalized spacial score (nSPS) is 14.2. The Bertz CT molecular complexity index is 149. The summed E-state index contributed by atoms with van der Waals surface area (Å²) in [6, 6.07) is 0. The molecule has 0 fully saturated rings. The largest absolute Gasteiger partial charge is 0.386 e. The maximum absolute atomic E-state index is 9.66. The molecule has 1 N–H and O–H groups in total. The summed E-state index contributed by atoms with van der Waals surface area (Å²) >= 11 is 5.67. The van der Waals surface area contributed by atoms with Gasteiger partial charge in [0.1, 0.15) is 12.6 Å². The van der Waals surface area contributed by atoms with Crippen molar-refractivity contribution >= 4 is 11.6 Å². The summed E-state index contributed by atoms with van der Waals surface area (Å²) in [5.41, 5.74) is 0. The zero-order chi connectivity index (χ0) is 11.7. The smallest absolute Gasteiger partial charge is 0.116 e. The Morgan fingerprint density at radius 3 is 2.13 bits per heavy atom. The Morgan fingerprint density at radius 2 is 1.73 bits per heavy atom. The summed E-state index contributed by atoms with van der Waals surface area (Å²) in [6.07, 6.45) is 3.45. The van der Waals surface area contributed by atoms with Crippen LogP contribution in [0.4, 0.5) is 0 Å². The number of likely N-dealkylation sites (N-methyl/N-ethyl adjacent to an activating group) is 1. The van der Waals surface area contributed by atoms with Crippen LogP contribution in [0.2, 0.25) is 0 Å². The Balaban J connectivity index is 4.16. The van der Waals surface area contributed by atoms with Crippen molar-refractivity contribution in [1.29, 1.82) is 0 Å². The van der Waals surface area contributed by atoms with E-state index in [0.29, 0.717) is 5.88 Å². The number of hydrogen-bond acceptors (Lipinski definition) is 1. The second kappa shape index (κ2) is 8.37. The fraction of sp³-hybridized carbons (Fsp3) is 1.00. The number of aliphatic hydroxyl groups excluding tert-OH is 1. The van der Waals surface area contributed by atoms with Gasteiger partial charge in [0.05, 0.1) is 25.5 Å². The molecule has 0 radical (unpaired) electrons. The molecule has 0 saturated heterocycles. The van der Waals surface area contributed by atoms with Crippen molar-refractivity contribution in [3.05, 3.63) is 0 Å². The van der Waals surface area contributed by atoms with Crippen LogP contribution in [0.25, 0.3) is 0 Å². The van der Waals surface area contributed by atoms with E-state index in [1.165, 1.54) is 25.8 Å². The van der Waals surface area contributed by atoms with Gasteiger partial charge in [0.15, 0.2) is 0 Å². The average Bonchev–Trinajstić information content (AvgIpc) is 2.27. The highest BCUT2D eigenvalue weighted by molar-refractivity contribution is 6.18. The molecule has 0 aromatic carbocycles. The van der Waals surface area contributed by atoms with Crippen molar-refractivity contribution < 1.29 is 9.59 Å². The lowest BCUT2D eigenvalue weighted by molar-refractivity contribution is -0.927. The minimum Gasteiger partial charge on any atom is -0.386 e. The molecule has 15 heavy (non-hydrogen) atoms. The van der Waals surface area contributed by atoms with Gasteiger partial charge in [-0.2, -0.15) is 0 Å². The van der Waals surface area contributed by atoms with Gasteiger partial charge < -0.3 is 9.59 Å². The highest BCUT2D eigenvalue weighted by Crippen LogP contribution is 2.12. The molecule has 0 bridgehead atoms. The second-order valence-corrected chi connectivity index (χ2v) is 4.70. The molecule has 92 valence electrons. The first-order valence-corrected chi connectivity index (χ1v) is 6.76. The van der Waals surface area contributed by atoms with Gasteiger partial charge in [-0.3, -0.25) is 0 Å². The van der Waals surface area contributed by atoms with E-state index >= 15 is 0 Å². The predicted molar refractivity (Wildman–Crippen MR) is 67.3 cm³/mol. The quantitative estimate of drug-likeness (QED) is 0.371. The molecule has 0 rings (SSSR count). The first-order chi connectivity index (χ1) is 7.14. The highest BCUT2D eigenvalue weighted by atomic mass is 35.5. The summed E-state index contributed by atoms with van der Waals surface area (Å²) in [6.45, 7) is 10.8. The van der Waals surface area contributed by atoms with Gasteiger partial charge in [0, 0.05) is 0 Å². The third-order valence-electron chi connectivity index (χ3n) is 3.35. The van der Waals surface area contributed by atoms with Crippen LogP contribution in [0, 0.1) is 0 Å². The lowest BCUT2D eigenvalue weighted by Gasteiger charge is -2.38. The number of alkyl halides is 1. The molecule has 0 aliphatic rings. The van der Waals surface area contributed by atoms with E-state index < -0.39 is 0 Å². The van der Waals surface area contributed by atoms with E-state index in [0.717, 1.165) is 24.1 Å². The fourth-order valence-electron chi connectivity index (χ4n) is 2.08. The summed E-state index contributed by atoms with van der Waals surface area (Å²) in [7, 11) is 0. The van der Waals surface area contributed by atoms with Gasteiger partial charge >= 0.3 is 0 Å². The van der Waals surface area contributed by atoms with Gasteiger partial charge in [-0.25, -0.2) is 0 Å². The number of nitrogens with zero attached hydrogens (tertiary/aromatic N) is 1. The molecule has 0 saturated carbocycles.